The van der Waals surface area contributed by atoms with Crippen molar-refractivity contribution < 1.29 is 14.3 Å². The van der Waals surface area contributed by atoms with E-state index in [4.69, 9.17) is 4.74 Å². The number of ether oxygens (including phenoxy) is 1. The van der Waals surface area contributed by atoms with E-state index in [1.165, 1.54) is 0 Å². The Kier molecular flexibility index (Phi) is 5.44. The number of pyridine rings is 1. The normalized spacial score (nSPS) is 18.3. The second-order valence-electron chi connectivity index (χ2n) is 7.80. The van der Waals surface area contributed by atoms with Gasteiger partial charge >= 0.3 is 0 Å². The van der Waals surface area contributed by atoms with Gasteiger partial charge < -0.3 is 14.5 Å². The molecule has 0 aliphatic carbocycles. The fraction of sp³-hybridized carbons (Fsp3) is 0.348. The first-order chi connectivity index (χ1) is 14.5. The van der Waals surface area contributed by atoms with Crippen molar-refractivity contribution in [1.29, 1.82) is 0 Å². The van der Waals surface area contributed by atoms with Crippen molar-refractivity contribution in [2.45, 2.75) is 20.3 Å². The molecule has 0 aromatic carbocycles. The summed E-state index contributed by atoms with van der Waals surface area (Å²) in [5.41, 5.74) is 2.02. The van der Waals surface area contributed by atoms with Crippen LogP contribution in [0.1, 0.15) is 30.6 Å². The van der Waals surface area contributed by atoms with E-state index in [0.29, 0.717) is 49.1 Å². The van der Waals surface area contributed by atoms with Crippen LogP contribution in [0.5, 0.6) is 5.75 Å². The molecule has 0 bridgehead atoms. The zero-order chi connectivity index (χ0) is 21.3. The molecule has 30 heavy (non-hydrogen) atoms. The van der Waals surface area contributed by atoms with Crippen molar-refractivity contribution in [2.75, 3.05) is 31.1 Å². The molecule has 7 heteroatoms. The summed E-state index contributed by atoms with van der Waals surface area (Å²) in [6.07, 6.45) is 12.1. The summed E-state index contributed by atoms with van der Waals surface area (Å²) in [5.74, 6) is 1.09. The van der Waals surface area contributed by atoms with Gasteiger partial charge in [0.15, 0.2) is 11.6 Å². The third-order valence-electron chi connectivity index (χ3n) is 5.31. The summed E-state index contributed by atoms with van der Waals surface area (Å²) in [6.45, 7) is 10.2. The number of carbonyl (C=O) groups is 2. The van der Waals surface area contributed by atoms with Gasteiger partial charge in [0, 0.05) is 42.8 Å². The van der Waals surface area contributed by atoms with Gasteiger partial charge in [-0.05, 0) is 24.6 Å². The molecule has 0 saturated carbocycles. The Morgan fingerprint density at radius 1 is 1.23 bits per heavy atom. The Morgan fingerprint density at radius 3 is 2.77 bits per heavy atom. The molecule has 0 saturated heterocycles. The summed E-state index contributed by atoms with van der Waals surface area (Å²) < 4.78 is 5.81. The van der Waals surface area contributed by atoms with Gasteiger partial charge in [0.1, 0.15) is 6.61 Å². The Bertz CT molecular complexity index is 977. The van der Waals surface area contributed by atoms with Crippen LogP contribution in [0, 0.1) is 5.92 Å². The molecule has 3 aliphatic heterocycles. The van der Waals surface area contributed by atoms with Gasteiger partial charge in [0.05, 0.1) is 12.1 Å². The van der Waals surface area contributed by atoms with E-state index < -0.39 is 0 Å². The highest BCUT2D eigenvalue weighted by Crippen LogP contribution is 2.34. The number of amides is 2. The van der Waals surface area contributed by atoms with Gasteiger partial charge in [-0.3, -0.25) is 14.5 Å². The van der Waals surface area contributed by atoms with Crippen LogP contribution in [0.2, 0.25) is 0 Å². The molecule has 7 nitrogen and oxygen atoms in total. The van der Waals surface area contributed by atoms with Crippen molar-refractivity contribution in [1.82, 2.24) is 14.8 Å². The highest BCUT2D eigenvalue weighted by molar-refractivity contribution is 5.95. The standard InChI is InChI=1S/C23H26N4O3/c1-16(2)22(28)26-10-7-19(13-17(26)3)27-11-12-30-20-14-18(15-24-21(20)27)23(29)25-8-5-4-6-9-25/h4-5,7,10,13-16H,3,6,8-9,11-12H2,1-2H3. The largest absolute Gasteiger partial charge is 0.488 e. The second kappa shape index (κ2) is 8.18. The highest BCUT2D eigenvalue weighted by Gasteiger charge is 2.27. The van der Waals surface area contributed by atoms with Gasteiger partial charge in [0.2, 0.25) is 5.91 Å². The minimum Gasteiger partial charge on any atom is -0.488 e. The predicted molar refractivity (Wildman–Crippen MR) is 115 cm³/mol. The minimum absolute atomic E-state index is 0.00256. The average Bonchev–Trinajstić information content (AvgIpc) is 2.77. The van der Waals surface area contributed by atoms with Crippen molar-refractivity contribution in [3.8, 4) is 5.75 Å². The van der Waals surface area contributed by atoms with Crippen molar-refractivity contribution in [3.63, 3.8) is 0 Å². The summed E-state index contributed by atoms with van der Waals surface area (Å²) >= 11 is 0. The van der Waals surface area contributed by atoms with E-state index in [1.54, 1.807) is 28.3 Å². The molecule has 4 heterocycles. The molecule has 156 valence electrons. The summed E-state index contributed by atoms with van der Waals surface area (Å²) in [4.78, 5) is 35.0. The zero-order valence-corrected chi connectivity index (χ0v) is 17.4. The van der Waals surface area contributed by atoms with E-state index in [9.17, 15) is 9.59 Å². The lowest BCUT2D eigenvalue weighted by Crippen LogP contribution is -2.36. The maximum atomic E-state index is 12.8. The molecule has 0 fully saturated rings. The molecule has 0 N–H and O–H groups in total. The van der Waals surface area contributed by atoms with E-state index in [2.05, 4.69) is 17.6 Å². The van der Waals surface area contributed by atoms with Gasteiger partial charge in [0.25, 0.3) is 5.91 Å². The zero-order valence-electron chi connectivity index (χ0n) is 17.4. The lowest BCUT2D eigenvalue weighted by Gasteiger charge is -2.34. The van der Waals surface area contributed by atoms with Crippen LogP contribution >= 0.6 is 0 Å². The predicted octanol–water partition coefficient (Wildman–Crippen LogP) is 3.09. The smallest absolute Gasteiger partial charge is 0.255 e. The fourth-order valence-electron chi connectivity index (χ4n) is 3.67. The van der Waals surface area contributed by atoms with E-state index >= 15 is 0 Å². The number of fused-ring (bicyclic) bond motifs is 1. The Labute approximate surface area is 176 Å². The quantitative estimate of drug-likeness (QED) is 0.722. The molecule has 0 unspecified atom stereocenters. The lowest BCUT2D eigenvalue weighted by atomic mass is 10.1. The Hall–Kier alpha value is -3.35. The number of anilines is 1. The lowest BCUT2D eigenvalue weighted by molar-refractivity contribution is -0.130. The maximum Gasteiger partial charge on any atom is 0.255 e. The van der Waals surface area contributed by atoms with E-state index in [1.807, 2.05) is 37.0 Å². The number of aromatic nitrogens is 1. The molecule has 2 amide bonds. The number of hydrogen-bond acceptors (Lipinski definition) is 5. The molecule has 3 aliphatic rings. The van der Waals surface area contributed by atoms with Gasteiger partial charge in [-0.2, -0.15) is 0 Å². The first-order valence-electron chi connectivity index (χ1n) is 10.2. The molecule has 0 radical (unpaired) electrons. The van der Waals surface area contributed by atoms with Crippen LogP contribution in [0.4, 0.5) is 5.82 Å². The average molecular weight is 406 g/mol. The van der Waals surface area contributed by atoms with Crippen molar-refractivity contribution in [3.05, 3.63) is 66.3 Å². The van der Waals surface area contributed by atoms with Gasteiger partial charge in [-0.1, -0.05) is 32.6 Å². The van der Waals surface area contributed by atoms with Crippen LogP contribution in [-0.4, -0.2) is 52.8 Å². The maximum absolute atomic E-state index is 12.8. The van der Waals surface area contributed by atoms with Crippen LogP contribution in [0.3, 0.4) is 0 Å². The van der Waals surface area contributed by atoms with E-state index in [0.717, 1.165) is 12.1 Å². The highest BCUT2D eigenvalue weighted by atomic mass is 16.5. The SMILES string of the molecule is C=C1C=C(N2CCOc3cc(C(=O)N4CC=CCC4)cnc32)C=CN1C(=O)C(C)C. The number of nitrogens with zero attached hydrogens (tertiary/aromatic N) is 4. The number of carbonyl (C=O) groups excluding carboxylic acids is 2. The molecular weight excluding hydrogens is 380 g/mol. The molecule has 0 spiro atoms. The van der Waals surface area contributed by atoms with Crippen LogP contribution < -0.4 is 9.64 Å². The third kappa shape index (κ3) is 3.75. The number of allylic oxidation sites excluding steroid dienone is 2. The molecule has 1 aromatic heterocycles. The second-order valence-corrected chi connectivity index (χ2v) is 7.80. The summed E-state index contributed by atoms with van der Waals surface area (Å²) in [5, 5.41) is 0. The van der Waals surface area contributed by atoms with Crippen LogP contribution in [0.25, 0.3) is 0 Å². The third-order valence-corrected chi connectivity index (χ3v) is 5.31. The fourth-order valence-corrected chi connectivity index (χ4v) is 3.67. The molecule has 0 atom stereocenters. The topological polar surface area (TPSA) is 66.0 Å². The molecular formula is C23H26N4O3. The molecule has 4 rings (SSSR count). The Balaban J connectivity index is 1.56. The number of hydrogen-bond donors (Lipinski definition) is 0. The minimum atomic E-state index is -0.113. The van der Waals surface area contributed by atoms with Crippen LogP contribution in [0.15, 0.2) is 60.7 Å². The van der Waals surface area contributed by atoms with Crippen LogP contribution in [-0.2, 0) is 4.79 Å². The first-order valence-corrected chi connectivity index (χ1v) is 10.2. The number of rotatable bonds is 3. The van der Waals surface area contributed by atoms with E-state index in [-0.39, 0.29) is 17.7 Å². The van der Waals surface area contributed by atoms with Gasteiger partial charge in [-0.15, -0.1) is 0 Å². The summed E-state index contributed by atoms with van der Waals surface area (Å²) in [7, 11) is 0. The first kappa shape index (κ1) is 19.9. The monoisotopic (exact) mass is 406 g/mol. The molecule has 1 aromatic rings. The van der Waals surface area contributed by atoms with Gasteiger partial charge in [-0.25, -0.2) is 4.98 Å². The summed E-state index contributed by atoms with van der Waals surface area (Å²) in [6, 6.07) is 1.77. The van der Waals surface area contributed by atoms with Crippen molar-refractivity contribution >= 4 is 17.6 Å². The Morgan fingerprint density at radius 2 is 2.07 bits per heavy atom. The van der Waals surface area contributed by atoms with Crippen molar-refractivity contribution in [2.24, 2.45) is 5.92 Å².